The summed E-state index contributed by atoms with van der Waals surface area (Å²) in [5, 5.41) is 2.93. The number of rotatable bonds is 9. The van der Waals surface area contributed by atoms with Gasteiger partial charge < -0.3 is 10.1 Å². The molecule has 0 bridgehead atoms. The van der Waals surface area contributed by atoms with Crippen molar-refractivity contribution in [2.75, 3.05) is 17.2 Å². The van der Waals surface area contributed by atoms with Crippen LogP contribution < -0.4 is 14.4 Å². The van der Waals surface area contributed by atoms with Crippen molar-refractivity contribution in [3.63, 3.8) is 0 Å². The lowest BCUT2D eigenvalue weighted by atomic mass is 10.1. The Labute approximate surface area is 167 Å². The Morgan fingerprint density at radius 1 is 1.07 bits per heavy atom. The minimum atomic E-state index is -3.67. The molecule has 0 aromatic heterocycles. The van der Waals surface area contributed by atoms with Gasteiger partial charge in [0, 0.05) is 0 Å². The zero-order chi connectivity index (χ0) is 20.7. The first kappa shape index (κ1) is 21.8. The number of sulfonamides is 1. The molecule has 0 fully saturated rings. The van der Waals surface area contributed by atoms with Crippen molar-refractivity contribution in [3.05, 3.63) is 60.2 Å². The van der Waals surface area contributed by atoms with Crippen LogP contribution in [0.1, 0.15) is 38.8 Å². The quantitative estimate of drug-likeness (QED) is 0.694. The molecule has 0 saturated carbocycles. The van der Waals surface area contributed by atoms with Gasteiger partial charge in [0.15, 0.2) is 0 Å². The fourth-order valence-corrected chi connectivity index (χ4v) is 4.26. The van der Waals surface area contributed by atoms with Crippen LogP contribution in [-0.2, 0) is 14.8 Å². The van der Waals surface area contributed by atoms with Crippen molar-refractivity contribution in [2.45, 2.75) is 39.3 Å². The monoisotopic (exact) mass is 404 g/mol. The number of carbonyl (C=O) groups excluding carboxylic acids is 1. The van der Waals surface area contributed by atoms with Crippen LogP contribution in [0.5, 0.6) is 5.75 Å². The molecular weight excluding hydrogens is 376 g/mol. The van der Waals surface area contributed by atoms with E-state index in [0.717, 1.165) is 11.8 Å². The molecule has 152 valence electrons. The Hall–Kier alpha value is -2.54. The zero-order valence-corrected chi connectivity index (χ0v) is 17.6. The smallest absolute Gasteiger partial charge is 0.244 e. The van der Waals surface area contributed by atoms with E-state index in [0.29, 0.717) is 24.5 Å². The maximum atomic E-state index is 12.9. The predicted molar refractivity (Wildman–Crippen MR) is 112 cm³/mol. The molecule has 0 aliphatic carbocycles. The number of nitrogens with zero attached hydrogens (tertiary/aromatic N) is 1. The second kappa shape index (κ2) is 9.59. The molecule has 2 aromatic carbocycles. The third-order valence-corrected chi connectivity index (χ3v) is 5.57. The summed E-state index contributed by atoms with van der Waals surface area (Å²) in [5.41, 5.74) is 1.39. The van der Waals surface area contributed by atoms with E-state index in [2.05, 4.69) is 5.32 Å². The van der Waals surface area contributed by atoms with Gasteiger partial charge in [-0.25, -0.2) is 8.42 Å². The highest BCUT2D eigenvalue weighted by Gasteiger charge is 2.32. The van der Waals surface area contributed by atoms with Crippen LogP contribution in [0, 0.1) is 0 Å². The summed E-state index contributed by atoms with van der Waals surface area (Å²) in [6.07, 6.45) is 1.45. The number of nitrogens with one attached hydrogen (secondary N) is 1. The van der Waals surface area contributed by atoms with E-state index in [4.69, 9.17) is 4.74 Å². The predicted octanol–water partition coefficient (Wildman–Crippen LogP) is 3.51. The highest BCUT2D eigenvalue weighted by molar-refractivity contribution is 7.92. The van der Waals surface area contributed by atoms with Crippen molar-refractivity contribution in [1.82, 2.24) is 5.32 Å². The van der Waals surface area contributed by atoms with E-state index in [-0.39, 0.29) is 11.9 Å². The van der Waals surface area contributed by atoms with Gasteiger partial charge in [-0.05, 0) is 50.1 Å². The number of benzene rings is 2. The van der Waals surface area contributed by atoms with Gasteiger partial charge in [0.2, 0.25) is 15.9 Å². The zero-order valence-electron chi connectivity index (χ0n) is 16.8. The van der Waals surface area contributed by atoms with Crippen molar-refractivity contribution < 1.29 is 17.9 Å². The number of amides is 1. The van der Waals surface area contributed by atoms with Crippen LogP contribution in [0.25, 0.3) is 0 Å². The maximum absolute atomic E-state index is 12.9. The molecule has 0 aliphatic heterocycles. The van der Waals surface area contributed by atoms with E-state index >= 15 is 0 Å². The number of hydrogen-bond donors (Lipinski definition) is 1. The Morgan fingerprint density at radius 3 is 2.18 bits per heavy atom. The highest BCUT2D eigenvalue weighted by atomic mass is 32.2. The van der Waals surface area contributed by atoms with Crippen LogP contribution >= 0.6 is 0 Å². The van der Waals surface area contributed by atoms with Gasteiger partial charge in [-0.3, -0.25) is 9.10 Å². The van der Waals surface area contributed by atoms with Gasteiger partial charge in [-0.15, -0.1) is 0 Å². The molecule has 1 N–H and O–H groups in total. The molecule has 28 heavy (non-hydrogen) atoms. The van der Waals surface area contributed by atoms with Gasteiger partial charge in [0.1, 0.15) is 11.8 Å². The summed E-state index contributed by atoms with van der Waals surface area (Å²) in [5.74, 6) is 0.313. The average Bonchev–Trinajstić information content (AvgIpc) is 2.66. The third kappa shape index (κ3) is 5.48. The van der Waals surface area contributed by atoms with E-state index in [9.17, 15) is 13.2 Å². The van der Waals surface area contributed by atoms with Gasteiger partial charge in [-0.1, -0.05) is 37.3 Å². The summed E-state index contributed by atoms with van der Waals surface area (Å²) in [6, 6.07) is 15.2. The topological polar surface area (TPSA) is 75.7 Å². The number of ether oxygens (including phenoxy) is 1. The molecule has 0 aliphatic rings. The fourth-order valence-electron chi connectivity index (χ4n) is 3.05. The Bertz CT molecular complexity index is 867. The van der Waals surface area contributed by atoms with E-state index in [1.54, 1.807) is 31.2 Å². The van der Waals surface area contributed by atoms with Crippen molar-refractivity contribution in [1.29, 1.82) is 0 Å². The summed E-state index contributed by atoms with van der Waals surface area (Å²) < 4.78 is 31.6. The standard InChI is InChI=1S/C21H28N2O4S/c1-5-20(21(24)22-16(3)17-10-8-7-9-11-17)23(28(4,25)26)18-12-14-19(15-13-18)27-6-2/h7-16,20H,5-6H2,1-4H3,(H,22,24). The lowest BCUT2D eigenvalue weighted by Crippen LogP contribution is -2.49. The van der Waals surface area contributed by atoms with Crippen LogP contribution in [-0.4, -0.2) is 33.2 Å². The van der Waals surface area contributed by atoms with Crippen LogP contribution in [0.15, 0.2) is 54.6 Å². The van der Waals surface area contributed by atoms with Crippen molar-refractivity contribution in [2.24, 2.45) is 0 Å². The van der Waals surface area contributed by atoms with Crippen molar-refractivity contribution in [3.8, 4) is 5.75 Å². The third-order valence-electron chi connectivity index (χ3n) is 4.39. The van der Waals surface area contributed by atoms with Crippen LogP contribution in [0.4, 0.5) is 5.69 Å². The van der Waals surface area contributed by atoms with Gasteiger partial charge >= 0.3 is 0 Å². The second-order valence-corrected chi connectivity index (χ2v) is 8.41. The van der Waals surface area contributed by atoms with Gasteiger partial charge in [0.25, 0.3) is 0 Å². The largest absolute Gasteiger partial charge is 0.494 e. The minimum absolute atomic E-state index is 0.232. The Balaban J connectivity index is 2.28. The van der Waals surface area contributed by atoms with Crippen LogP contribution in [0.2, 0.25) is 0 Å². The first-order chi connectivity index (χ1) is 13.3. The van der Waals surface area contributed by atoms with Gasteiger partial charge in [0.05, 0.1) is 24.6 Å². The molecule has 0 radical (unpaired) electrons. The summed E-state index contributed by atoms with van der Waals surface area (Å²) in [4.78, 5) is 12.9. The lowest BCUT2D eigenvalue weighted by Gasteiger charge is -2.31. The summed E-state index contributed by atoms with van der Waals surface area (Å²) in [7, 11) is -3.67. The molecule has 0 spiro atoms. The summed E-state index contributed by atoms with van der Waals surface area (Å²) in [6.45, 7) is 6.07. The maximum Gasteiger partial charge on any atom is 0.244 e. The van der Waals surface area contributed by atoms with Gasteiger partial charge in [-0.2, -0.15) is 0 Å². The number of anilines is 1. The molecule has 0 heterocycles. The molecule has 2 rings (SSSR count). The molecule has 0 saturated heterocycles. The first-order valence-corrected chi connectivity index (χ1v) is 11.2. The average molecular weight is 405 g/mol. The Morgan fingerprint density at radius 2 is 1.68 bits per heavy atom. The van der Waals surface area contributed by atoms with E-state index in [1.165, 1.54) is 4.31 Å². The molecule has 6 nitrogen and oxygen atoms in total. The number of hydrogen-bond acceptors (Lipinski definition) is 4. The SMILES string of the molecule is CCOc1ccc(N(C(CC)C(=O)NC(C)c2ccccc2)S(C)(=O)=O)cc1. The molecule has 2 atom stereocenters. The molecule has 7 heteroatoms. The molecule has 2 unspecified atom stereocenters. The van der Waals surface area contributed by atoms with Crippen LogP contribution in [0.3, 0.4) is 0 Å². The normalized spacial score (nSPS) is 13.4. The molecular formula is C21H28N2O4S. The summed E-state index contributed by atoms with van der Waals surface area (Å²) >= 11 is 0. The number of carbonyl (C=O) groups is 1. The van der Waals surface area contributed by atoms with E-state index in [1.807, 2.05) is 44.2 Å². The second-order valence-electron chi connectivity index (χ2n) is 6.55. The molecule has 2 aromatic rings. The minimum Gasteiger partial charge on any atom is -0.494 e. The Kier molecular flexibility index (Phi) is 7.45. The van der Waals surface area contributed by atoms with Crippen molar-refractivity contribution >= 4 is 21.6 Å². The lowest BCUT2D eigenvalue weighted by molar-refractivity contribution is -0.122. The highest BCUT2D eigenvalue weighted by Crippen LogP contribution is 2.25. The van der Waals surface area contributed by atoms with E-state index < -0.39 is 16.1 Å². The first-order valence-electron chi connectivity index (χ1n) is 9.35. The fraction of sp³-hybridized carbons (Fsp3) is 0.381. The molecule has 1 amide bonds.